The molecule has 1 unspecified atom stereocenters. The van der Waals surface area contributed by atoms with Crippen LogP contribution >= 0.6 is 0 Å². The van der Waals surface area contributed by atoms with Crippen LogP contribution in [0.25, 0.3) is 0 Å². The molecule has 0 aromatic rings. The monoisotopic (exact) mass is 284 g/mol. The minimum Gasteiger partial charge on any atom is -0.481 e. The predicted octanol–water partition coefficient (Wildman–Crippen LogP) is 2.76. The summed E-state index contributed by atoms with van der Waals surface area (Å²) in [5.41, 5.74) is 0. The Hall–Kier alpha value is -1.26. The van der Waals surface area contributed by atoms with Gasteiger partial charge in [0, 0.05) is 19.0 Å². The van der Waals surface area contributed by atoms with E-state index in [2.05, 4.69) is 17.6 Å². The molecule has 1 saturated carbocycles. The van der Waals surface area contributed by atoms with Gasteiger partial charge in [-0.2, -0.15) is 0 Å². The predicted molar refractivity (Wildman–Crippen MR) is 78.6 cm³/mol. The van der Waals surface area contributed by atoms with Gasteiger partial charge in [-0.05, 0) is 44.4 Å². The van der Waals surface area contributed by atoms with E-state index in [0.29, 0.717) is 18.8 Å². The zero-order chi connectivity index (χ0) is 15.0. The van der Waals surface area contributed by atoms with Crippen molar-refractivity contribution in [1.29, 1.82) is 0 Å². The van der Waals surface area contributed by atoms with Crippen molar-refractivity contribution in [3.05, 3.63) is 0 Å². The standard InChI is InChI=1S/C15H28N2O3/c1-11-6-8-13(9-7-11)10-16-15(20)17-12(2)4-3-5-14(18)19/h11-13H,3-10H2,1-2H3,(H,18,19)(H2,16,17,20). The van der Waals surface area contributed by atoms with Crippen molar-refractivity contribution < 1.29 is 14.7 Å². The molecule has 1 fully saturated rings. The molecule has 0 aliphatic heterocycles. The Morgan fingerprint density at radius 3 is 2.50 bits per heavy atom. The van der Waals surface area contributed by atoms with E-state index in [9.17, 15) is 9.59 Å². The molecule has 0 saturated heterocycles. The van der Waals surface area contributed by atoms with Gasteiger partial charge in [0.2, 0.25) is 0 Å². The van der Waals surface area contributed by atoms with Gasteiger partial charge in [-0.25, -0.2) is 4.79 Å². The summed E-state index contributed by atoms with van der Waals surface area (Å²) < 4.78 is 0. The fraction of sp³-hybridized carbons (Fsp3) is 0.867. The van der Waals surface area contributed by atoms with Crippen LogP contribution in [-0.2, 0) is 4.79 Å². The number of urea groups is 1. The van der Waals surface area contributed by atoms with Crippen LogP contribution in [0, 0.1) is 11.8 Å². The Bertz CT molecular complexity index is 312. The topological polar surface area (TPSA) is 78.4 Å². The highest BCUT2D eigenvalue weighted by molar-refractivity contribution is 5.74. The quantitative estimate of drug-likeness (QED) is 0.672. The molecule has 0 spiro atoms. The number of aliphatic carboxylic acids is 1. The van der Waals surface area contributed by atoms with Gasteiger partial charge in [-0.1, -0.05) is 19.8 Å². The fourth-order valence-corrected chi connectivity index (χ4v) is 2.68. The first-order valence-corrected chi connectivity index (χ1v) is 7.73. The van der Waals surface area contributed by atoms with Crippen LogP contribution in [0.15, 0.2) is 0 Å². The Balaban J connectivity index is 2.08. The van der Waals surface area contributed by atoms with Crippen LogP contribution in [0.3, 0.4) is 0 Å². The fourth-order valence-electron chi connectivity index (χ4n) is 2.68. The summed E-state index contributed by atoms with van der Waals surface area (Å²) in [5.74, 6) is 0.654. The summed E-state index contributed by atoms with van der Waals surface area (Å²) in [4.78, 5) is 22.1. The first kappa shape index (κ1) is 16.8. The van der Waals surface area contributed by atoms with Crippen molar-refractivity contribution in [2.75, 3.05) is 6.54 Å². The van der Waals surface area contributed by atoms with Crippen molar-refractivity contribution in [2.45, 2.75) is 64.8 Å². The van der Waals surface area contributed by atoms with Crippen LogP contribution in [0.4, 0.5) is 4.79 Å². The molecule has 1 rings (SSSR count). The van der Waals surface area contributed by atoms with Gasteiger partial charge in [0.05, 0.1) is 0 Å². The van der Waals surface area contributed by atoms with Gasteiger partial charge in [-0.3, -0.25) is 4.79 Å². The molecule has 5 heteroatoms. The highest BCUT2D eigenvalue weighted by Gasteiger charge is 2.18. The number of rotatable bonds is 7. The SMILES string of the molecule is CC1CCC(CNC(=O)NC(C)CCCC(=O)O)CC1. The van der Waals surface area contributed by atoms with Crippen molar-refractivity contribution in [2.24, 2.45) is 11.8 Å². The third-order valence-corrected chi connectivity index (χ3v) is 4.09. The number of hydrogen-bond donors (Lipinski definition) is 3. The van der Waals surface area contributed by atoms with Crippen molar-refractivity contribution >= 4 is 12.0 Å². The summed E-state index contributed by atoms with van der Waals surface area (Å²) in [6, 6.07) is -0.118. The second-order valence-electron chi connectivity index (χ2n) is 6.17. The number of carboxylic acid groups (broad SMARTS) is 1. The molecule has 1 aliphatic rings. The molecular weight excluding hydrogens is 256 g/mol. The lowest BCUT2D eigenvalue weighted by atomic mass is 9.83. The van der Waals surface area contributed by atoms with Gasteiger partial charge < -0.3 is 15.7 Å². The van der Waals surface area contributed by atoms with Crippen LogP contribution < -0.4 is 10.6 Å². The van der Waals surface area contributed by atoms with Crippen molar-refractivity contribution in [1.82, 2.24) is 10.6 Å². The number of carbonyl (C=O) groups excluding carboxylic acids is 1. The van der Waals surface area contributed by atoms with E-state index >= 15 is 0 Å². The second kappa shape index (κ2) is 8.82. The molecule has 20 heavy (non-hydrogen) atoms. The lowest BCUT2D eigenvalue weighted by molar-refractivity contribution is -0.137. The molecule has 1 aliphatic carbocycles. The molecule has 1 atom stereocenters. The maximum Gasteiger partial charge on any atom is 0.315 e. The van der Waals surface area contributed by atoms with E-state index in [1.807, 2.05) is 6.92 Å². The van der Waals surface area contributed by atoms with E-state index in [0.717, 1.165) is 12.5 Å². The van der Waals surface area contributed by atoms with Gasteiger partial charge in [0.25, 0.3) is 0 Å². The summed E-state index contributed by atoms with van der Waals surface area (Å²) >= 11 is 0. The lowest BCUT2D eigenvalue weighted by Crippen LogP contribution is -2.42. The average Bonchev–Trinajstić information content (AvgIpc) is 2.37. The molecule has 2 amide bonds. The normalized spacial score (nSPS) is 23.9. The minimum atomic E-state index is -0.784. The second-order valence-corrected chi connectivity index (χ2v) is 6.17. The zero-order valence-electron chi connectivity index (χ0n) is 12.7. The maximum absolute atomic E-state index is 11.7. The van der Waals surface area contributed by atoms with Crippen LogP contribution in [0.5, 0.6) is 0 Å². The molecular formula is C15H28N2O3. The summed E-state index contributed by atoms with van der Waals surface area (Å²) in [6.07, 6.45) is 6.39. The van der Waals surface area contributed by atoms with Gasteiger partial charge >= 0.3 is 12.0 Å². The Kier molecular flexibility index (Phi) is 7.41. The number of amides is 2. The summed E-state index contributed by atoms with van der Waals surface area (Å²) in [5, 5.41) is 14.3. The largest absolute Gasteiger partial charge is 0.481 e. The molecule has 3 N–H and O–H groups in total. The molecule has 5 nitrogen and oxygen atoms in total. The number of hydrogen-bond acceptors (Lipinski definition) is 2. The van der Waals surface area contributed by atoms with E-state index in [-0.39, 0.29) is 18.5 Å². The Morgan fingerprint density at radius 1 is 1.25 bits per heavy atom. The maximum atomic E-state index is 11.7. The van der Waals surface area contributed by atoms with E-state index in [1.54, 1.807) is 0 Å². The number of carbonyl (C=O) groups is 2. The molecule has 0 radical (unpaired) electrons. The van der Waals surface area contributed by atoms with Gasteiger partial charge in [0.1, 0.15) is 0 Å². The smallest absolute Gasteiger partial charge is 0.315 e. The molecule has 116 valence electrons. The first-order chi connectivity index (χ1) is 9.47. The number of nitrogens with one attached hydrogen (secondary N) is 2. The van der Waals surface area contributed by atoms with Crippen LogP contribution in [0.1, 0.15) is 58.8 Å². The summed E-state index contributed by atoms with van der Waals surface area (Å²) in [6.45, 7) is 4.94. The first-order valence-electron chi connectivity index (χ1n) is 7.73. The van der Waals surface area contributed by atoms with Crippen LogP contribution in [-0.4, -0.2) is 29.7 Å². The highest BCUT2D eigenvalue weighted by Crippen LogP contribution is 2.27. The molecule has 0 aromatic heterocycles. The van der Waals surface area contributed by atoms with Crippen LogP contribution in [0.2, 0.25) is 0 Å². The number of carboxylic acids is 1. The van der Waals surface area contributed by atoms with E-state index in [1.165, 1.54) is 25.7 Å². The third-order valence-electron chi connectivity index (χ3n) is 4.09. The minimum absolute atomic E-state index is 0.0146. The zero-order valence-corrected chi connectivity index (χ0v) is 12.7. The molecule has 0 bridgehead atoms. The lowest BCUT2D eigenvalue weighted by Gasteiger charge is -2.26. The summed E-state index contributed by atoms with van der Waals surface area (Å²) in [7, 11) is 0. The highest BCUT2D eigenvalue weighted by atomic mass is 16.4. The van der Waals surface area contributed by atoms with Crippen molar-refractivity contribution in [3.63, 3.8) is 0 Å². The van der Waals surface area contributed by atoms with E-state index in [4.69, 9.17) is 5.11 Å². The third kappa shape index (κ3) is 7.36. The van der Waals surface area contributed by atoms with Crippen molar-refractivity contribution in [3.8, 4) is 0 Å². The Morgan fingerprint density at radius 2 is 1.90 bits per heavy atom. The van der Waals surface area contributed by atoms with Gasteiger partial charge in [-0.15, -0.1) is 0 Å². The molecule has 0 heterocycles. The molecule has 0 aromatic carbocycles. The van der Waals surface area contributed by atoms with E-state index < -0.39 is 5.97 Å². The Labute approximate surface area is 121 Å². The average molecular weight is 284 g/mol. The van der Waals surface area contributed by atoms with Gasteiger partial charge in [0.15, 0.2) is 0 Å².